The number of hydrogen-bond donors (Lipinski definition) is 0. The van der Waals surface area contributed by atoms with Crippen molar-refractivity contribution in [3.63, 3.8) is 0 Å². The third-order valence-electron chi connectivity index (χ3n) is 7.06. The van der Waals surface area contributed by atoms with Crippen molar-refractivity contribution in [3.8, 4) is 0 Å². The predicted octanol–water partition coefficient (Wildman–Crippen LogP) is 5.11. The van der Waals surface area contributed by atoms with E-state index in [4.69, 9.17) is 18.6 Å². The van der Waals surface area contributed by atoms with Crippen molar-refractivity contribution < 1.29 is 18.6 Å². The molecule has 0 spiro atoms. The van der Waals surface area contributed by atoms with Crippen LogP contribution in [0.2, 0.25) is 5.04 Å². The first-order valence-electron chi connectivity index (χ1n) is 12.5. The molecule has 36 heavy (non-hydrogen) atoms. The highest BCUT2D eigenvalue weighted by molar-refractivity contribution is 6.99. The topological polar surface area (TPSA) is 85.7 Å². The Hall–Kier alpha value is -2.45. The first-order chi connectivity index (χ1) is 17.1. The molecule has 0 N–H and O–H groups in total. The molecule has 8 heteroatoms. The third kappa shape index (κ3) is 5.02. The number of nitrogens with zero attached hydrogens (tertiary/aromatic N) is 3. The van der Waals surface area contributed by atoms with E-state index in [9.17, 15) is 5.53 Å². The lowest BCUT2D eigenvalue weighted by Gasteiger charge is -2.46. The number of benzene rings is 2. The van der Waals surface area contributed by atoms with Crippen LogP contribution in [0.4, 0.5) is 0 Å². The first-order valence-corrected chi connectivity index (χ1v) is 14.4. The highest BCUT2D eigenvalue weighted by atomic mass is 28.4. The highest BCUT2D eigenvalue weighted by Crippen LogP contribution is 2.41. The van der Waals surface area contributed by atoms with Gasteiger partial charge in [0.05, 0.1) is 18.8 Å². The lowest BCUT2D eigenvalue weighted by atomic mass is 9.92. The van der Waals surface area contributed by atoms with Crippen LogP contribution in [0, 0.1) is 0 Å². The molecule has 7 nitrogen and oxygen atoms in total. The molecule has 0 amide bonds. The summed E-state index contributed by atoms with van der Waals surface area (Å²) in [5.74, 6) is -0.819. The van der Waals surface area contributed by atoms with Crippen LogP contribution in [-0.4, -0.2) is 51.2 Å². The van der Waals surface area contributed by atoms with Crippen molar-refractivity contribution in [1.82, 2.24) is 0 Å². The van der Waals surface area contributed by atoms with Crippen molar-refractivity contribution in [2.75, 3.05) is 6.61 Å². The smallest absolute Gasteiger partial charge is 0.261 e. The van der Waals surface area contributed by atoms with Crippen molar-refractivity contribution >= 4 is 18.7 Å². The average Bonchev–Trinajstić information content (AvgIpc) is 3.17. The second-order valence-electron chi connectivity index (χ2n) is 11.0. The second kappa shape index (κ2) is 10.5. The Morgan fingerprint density at radius 2 is 1.56 bits per heavy atom. The zero-order valence-electron chi connectivity index (χ0n) is 21.8. The lowest BCUT2D eigenvalue weighted by molar-refractivity contribution is -0.165. The number of ether oxygens (including phenoxy) is 3. The molecule has 192 valence electrons. The molecule has 0 saturated carbocycles. The fourth-order valence-electron chi connectivity index (χ4n) is 5.62. The molecule has 2 heterocycles. The van der Waals surface area contributed by atoms with Crippen molar-refractivity contribution in [2.24, 2.45) is 5.11 Å². The van der Waals surface area contributed by atoms with Gasteiger partial charge in [-0.05, 0) is 41.2 Å². The first kappa shape index (κ1) is 26.6. The van der Waals surface area contributed by atoms with Gasteiger partial charge >= 0.3 is 0 Å². The molecule has 2 aliphatic heterocycles. The number of azide groups is 1. The monoisotopic (exact) mass is 507 g/mol. The molecule has 4 rings (SSSR count). The van der Waals surface area contributed by atoms with Crippen LogP contribution >= 0.6 is 0 Å². The molecule has 0 bridgehead atoms. The Labute approximate surface area is 215 Å². The van der Waals surface area contributed by atoms with Crippen LogP contribution in [0.5, 0.6) is 0 Å². The Bertz CT molecular complexity index is 1040. The molecule has 1 unspecified atom stereocenters. The Kier molecular flexibility index (Phi) is 7.76. The maximum absolute atomic E-state index is 9.23. The van der Waals surface area contributed by atoms with Crippen molar-refractivity contribution in [1.29, 1.82) is 0 Å². The maximum atomic E-state index is 9.23. The van der Waals surface area contributed by atoms with Gasteiger partial charge in [0.15, 0.2) is 5.79 Å². The Balaban J connectivity index is 1.74. The van der Waals surface area contributed by atoms with Gasteiger partial charge in [-0.2, -0.15) is 0 Å². The quantitative estimate of drug-likeness (QED) is 0.163. The minimum atomic E-state index is -2.76. The van der Waals surface area contributed by atoms with Crippen LogP contribution in [0.25, 0.3) is 10.4 Å². The van der Waals surface area contributed by atoms with E-state index in [1.807, 2.05) is 26.0 Å². The molecule has 2 saturated heterocycles. The summed E-state index contributed by atoms with van der Waals surface area (Å²) in [6.45, 7) is 14.7. The summed E-state index contributed by atoms with van der Waals surface area (Å²) in [6, 6.07) is 20.5. The zero-order chi connectivity index (χ0) is 26.0. The third-order valence-corrected chi connectivity index (χ3v) is 12.1. The largest absolute Gasteiger partial charge is 0.405 e. The molecule has 0 aliphatic carbocycles. The van der Waals surface area contributed by atoms with Crippen LogP contribution < -0.4 is 10.4 Å². The SMILES string of the molecule is C=CCC1O[C@H](CO[Si](c2ccccc2)(c2ccccc2)C(C)(C)C)[C@@H]2OC(C)(C)O[C@@H]2[C@@H]1N=[N+]=[N-]. The number of rotatable bonds is 8. The second-order valence-corrected chi connectivity index (χ2v) is 15.3. The van der Waals surface area contributed by atoms with Crippen LogP contribution in [0.15, 0.2) is 78.4 Å². The molecule has 0 radical (unpaired) electrons. The minimum absolute atomic E-state index is 0.162. The van der Waals surface area contributed by atoms with Crippen molar-refractivity contribution in [2.45, 2.75) is 82.3 Å². The summed E-state index contributed by atoms with van der Waals surface area (Å²) in [5.41, 5.74) is 9.23. The van der Waals surface area contributed by atoms with Gasteiger partial charge in [-0.1, -0.05) is 92.6 Å². The lowest BCUT2D eigenvalue weighted by Crippen LogP contribution is -2.68. The van der Waals surface area contributed by atoms with E-state index < -0.39 is 38.5 Å². The normalized spacial score (nSPS) is 27.6. The van der Waals surface area contributed by atoms with Crippen molar-refractivity contribution in [3.05, 3.63) is 83.8 Å². The van der Waals surface area contributed by atoms with Crippen LogP contribution in [0.1, 0.15) is 41.0 Å². The van der Waals surface area contributed by atoms with Crippen LogP contribution in [-0.2, 0) is 18.6 Å². The van der Waals surface area contributed by atoms with E-state index in [-0.39, 0.29) is 11.1 Å². The van der Waals surface area contributed by atoms with Gasteiger partial charge in [-0.15, -0.1) is 6.58 Å². The van der Waals surface area contributed by atoms with Gasteiger partial charge in [0.2, 0.25) is 0 Å². The van der Waals surface area contributed by atoms with E-state index in [1.165, 1.54) is 10.4 Å². The molecular weight excluding hydrogens is 470 g/mol. The Morgan fingerprint density at radius 1 is 1.00 bits per heavy atom. The van der Waals surface area contributed by atoms with E-state index in [1.54, 1.807) is 6.08 Å². The summed E-state index contributed by atoms with van der Waals surface area (Å²) >= 11 is 0. The van der Waals surface area contributed by atoms with E-state index in [2.05, 4.69) is 85.9 Å². The fourth-order valence-corrected chi connectivity index (χ4v) is 10.2. The van der Waals surface area contributed by atoms with Gasteiger partial charge in [0.1, 0.15) is 18.3 Å². The molecule has 2 aliphatic rings. The highest BCUT2D eigenvalue weighted by Gasteiger charge is 2.56. The Morgan fingerprint density at radius 3 is 2.06 bits per heavy atom. The van der Waals surface area contributed by atoms with E-state index >= 15 is 0 Å². The summed E-state index contributed by atoms with van der Waals surface area (Å²) in [4.78, 5) is 3.07. The molecule has 5 atom stereocenters. The standard InChI is InChI=1S/C28H37N3O4Si/c1-7-14-22-24(30-31-29)26-25(34-28(5,6)35-26)23(33-22)19-32-36(27(2,3)4,20-15-10-8-11-16-20)21-17-12-9-13-18-21/h7-13,15-18,22-26H,1,14,19H2,2-6H3/t22?,23-,24-,25+,26-/m1/s1. The van der Waals surface area contributed by atoms with Gasteiger partial charge < -0.3 is 18.6 Å². The molecule has 2 aromatic carbocycles. The predicted molar refractivity (Wildman–Crippen MR) is 144 cm³/mol. The van der Waals surface area contributed by atoms with Gasteiger partial charge in [0, 0.05) is 4.91 Å². The molecule has 2 aromatic rings. The van der Waals surface area contributed by atoms with E-state index in [0.717, 1.165) is 0 Å². The number of hydrogen-bond acceptors (Lipinski definition) is 5. The summed E-state index contributed by atoms with van der Waals surface area (Å²) in [5, 5.41) is 6.28. The van der Waals surface area contributed by atoms with Crippen LogP contribution in [0.3, 0.4) is 0 Å². The van der Waals surface area contributed by atoms with E-state index in [0.29, 0.717) is 13.0 Å². The molecular formula is C28H37N3O4Si. The maximum Gasteiger partial charge on any atom is 0.261 e. The number of fused-ring (bicyclic) bond motifs is 1. The zero-order valence-corrected chi connectivity index (χ0v) is 22.8. The summed E-state index contributed by atoms with van der Waals surface area (Å²) in [7, 11) is -2.76. The summed E-state index contributed by atoms with van der Waals surface area (Å²) < 4.78 is 26.2. The van der Waals surface area contributed by atoms with Gasteiger partial charge in [0.25, 0.3) is 8.32 Å². The average molecular weight is 508 g/mol. The fraction of sp³-hybridized carbons (Fsp3) is 0.500. The minimum Gasteiger partial charge on any atom is -0.405 e. The molecule has 2 fully saturated rings. The van der Waals surface area contributed by atoms with Gasteiger partial charge in [-0.3, -0.25) is 0 Å². The van der Waals surface area contributed by atoms with Gasteiger partial charge in [-0.25, -0.2) is 0 Å². The molecule has 0 aromatic heterocycles. The summed E-state index contributed by atoms with van der Waals surface area (Å²) in [6.07, 6.45) is 0.703.